The Morgan fingerprint density at radius 1 is 1.08 bits per heavy atom. The molecule has 134 valence electrons. The van der Waals surface area contributed by atoms with Gasteiger partial charge < -0.3 is 20.1 Å². The first-order chi connectivity index (χ1) is 11.9. The molecule has 0 heterocycles. The maximum Gasteiger partial charge on any atom is 0.319 e. The summed E-state index contributed by atoms with van der Waals surface area (Å²) >= 11 is 0. The summed E-state index contributed by atoms with van der Waals surface area (Å²) in [4.78, 5) is 11.8. The van der Waals surface area contributed by atoms with Gasteiger partial charge in [0.25, 0.3) is 0 Å². The number of carbonyl (C=O) groups excluding carboxylic acids is 1. The average molecular weight is 365 g/mol. The van der Waals surface area contributed by atoms with Gasteiger partial charge in [-0.05, 0) is 36.4 Å². The molecule has 0 aliphatic rings. The lowest BCUT2D eigenvalue weighted by atomic mass is 10.3. The molecule has 2 aromatic rings. The van der Waals surface area contributed by atoms with Gasteiger partial charge in [-0.15, -0.1) is 0 Å². The Morgan fingerprint density at radius 2 is 1.72 bits per heavy atom. The molecule has 25 heavy (non-hydrogen) atoms. The Hall–Kier alpha value is -2.78. The van der Waals surface area contributed by atoms with Crippen molar-refractivity contribution in [2.45, 2.75) is 4.90 Å². The molecule has 0 aliphatic carbocycles. The second-order valence-electron chi connectivity index (χ2n) is 4.95. The molecule has 0 saturated heterocycles. The van der Waals surface area contributed by atoms with Gasteiger partial charge in [0.2, 0.25) is 10.0 Å². The largest absolute Gasteiger partial charge is 0.493 e. The Bertz CT molecular complexity index is 822. The summed E-state index contributed by atoms with van der Waals surface area (Å²) in [5.41, 5.74) is 0.440. The van der Waals surface area contributed by atoms with Crippen molar-refractivity contribution in [3.63, 3.8) is 0 Å². The monoisotopic (exact) mass is 365 g/mol. The van der Waals surface area contributed by atoms with Gasteiger partial charge in [0, 0.05) is 5.69 Å². The summed E-state index contributed by atoms with van der Waals surface area (Å²) in [6, 6.07) is 12.3. The molecule has 0 fully saturated rings. The molecule has 0 bridgehead atoms. The number of para-hydroxylation sites is 2. The Balaban J connectivity index is 1.77. The predicted molar refractivity (Wildman–Crippen MR) is 93.3 cm³/mol. The van der Waals surface area contributed by atoms with Crippen LogP contribution in [0.1, 0.15) is 0 Å². The molecular formula is C16H19N3O5S. The first kappa shape index (κ1) is 18.6. The zero-order valence-corrected chi connectivity index (χ0v) is 14.4. The van der Waals surface area contributed by atoms with Gasteiger partial charge in [-0.1, -0.05) is 12.1 Å². The van der Waals surface area contributed by atoms with Crippen molar-refractivity contribution >= 4 is 21.7 Å². The first-order valence-electron chi connectivity index (χ1n) is 7.33. The lowest BCUT2D eigenvalue weighted by molar-refractivity contribution is 0.246. The van der Waals surface area contributed by atoms with Crippen LogP contribution >= 0.6 is 0 Å². The molecular weight excluding hydrogens is 346 g/mol. The number of amides is 2. The topological polar surface area (TPSA) is 120 Å². The summed E-state index contributed by atoms with van der Waals surface area (Å²) in [5, 5.41) is 10.2. The predicted octanol–water partition coefficient (Wildman–Crippen LogP) is 1.54. The standard InChI is InChI=1S/C16H19N3O5S/c1-23-14-4-2-3-5-15(14)24-11-10-18-16(20)19-12-6-8-13(9-7-12)25(17,21)22/h2-9H,10-11H2,1H3,(H2,17,21,22)(H2,18,19,20). The van der Waals surface area contributed by atoms with E-state index < -0.39 is 16.1 Å². The highest BCUT2D eigenvalue weighted by atomic mass is 32.2. The third kappa shape index (κ3) is 5.66. The van der Waals surface area contributed by atoms with Crippen LogP contribution < -0.4 is 25.2 Å². The minimum atomic E-state index is -3.75. The Morgan fingerprint density at radius 3 is 2.32 bits per heavy atom. The molecule has 0 unspecified atom stereocenters. The zero-order valence-electron chi connectivity index (χ0n) is 13.6. The van der Waals surface area contributed by atoms with E-state index in [1.54, 1.807) is 19.2 Å². The van der Waals surface area contributed by atoms with E-state index in [9.17, 15) is 13.2 Å². The Kier molecular flexibility index (Phi) is 6.20. The van der Waals surface area contributed by atoms with E-state index in [-0.39, 0.29) is 18.0 Å². The highest BCUT2D eigenvalue weighted by molar-refractivity contribution is 7.89. The van der Waals surface area contributed by atoms with Crippen LogP contribution in [0.4, 0.5) is 10.5 Å². The number of urea groups is 1. The van der Waals surface area contributed by atoms with Crippen molar-refractivity contribution in [2.24, 2.45) is 5.14 Å². The molecule has 2 aromatic carbocycles. The summed E-state index contributed by atoms with van der Waals surface area (Å²) in [7, 11) is -2.20. The minimum absolute atomic E-state index is 0.0244. The van der Waals surface area contributed by atoms with E-state index in [0.29, 0.717) is 17.2 Å². The van der Waals surface area contributed by atoms with Crippen molar-refractivity contribution in [1.29, 1.82) is 0 Å². The van der Waals surface area contributed by atoms with Crippen LogP contribution in [0.5, 0.6) is 11.5 Å². The molecule has 0 aliphatic heterocycles. The lowest BCUT2D eigenvalue weighted by Gasteiger charge is -2.11. The third-order valence-electron chi connectivity index (χ3n) is 3.15. The number of hydrogen-bond acceptors (Lipinski definition) is 5. The number of rotatable bonds is 7. The van der Waals surface area contributed by atoms with E-state index >= 15 is 0 Å². The number of methoxy groups -OCH3 is 1. The van der Waals surface area contributed by atoms with Gasteiger partial charge in [0.05, 0.1) is 18.6 Å². The molecule has 2 amide bonds. The SMILES string of the molecule is COc1ccccc1OCCNC(=O)Nc1ccc(S(N)(=O)=O)cc1. The van der Waals surface area contributed by atoms with Gasteiger partial charge >= 0.3 is 6.03 Å². The quantitative estimate of drug-likeness (QED) is 0.643. The van der Waals surface area contributed by atoms with Crippen LogP contribution in [0.3, 0.4) is 0 Å². The second kappa shape index (κ2) is 8.36. The molecule has 0 spiro atoms. The lowest BCUT2D eigenvalue weighted by Crippen LogP contribution is -2.32. The molecule has 2 rings (SSSR count). The zero-order chi connectivity index (χ0) is 18.3. The van der Waals surface area contributed by atoms with Gasteiger partial charge in [-0.2, -0.15) is 0 Å². The van der Waals surface area contributed by atoms with Crippen molar-refractivity contribution in [2.75, 3.05) is 25.6 Å². The summed E-state index contributed by atoms with van der Waals surface area (Å²) in [6.07, 6.45) is 0. The fourth-order valence-electron chi connectivity index (χ4n) is 1.97. The fourth-order valence-corrected chi connectivity index (χ4v) is 2.48. The first-order valence-corrected chi connectivity index (χ1v) is 8.88. The molecule has 0 saturated carbocycles. The van der Waals surface area contributed by atoms with Crippen LogP contribution in [0, 0.1) is 0 Å². The number of benzene rings is 2. The van der Waals surface area contributed by atoms with Crippen LogP contribution in [0.15, 0.2) is 53.4 Å². The minimum Gasteiger partial charge on any atom is -0.493 e. The van der Waals surface area contributed by atoms with Gasteiger partial charge in [-0.25, -0.2) is 18.4 Å². The second-order valence-corrected chi connectivity index (χ2v) is 6.51. The molecule has 0 atom stereocenters. The number of hydrogen-bond donors (Lipinski definition) is 3. The van der Waals surface area contributed by atoms with E-state index in [1.807, 2.05) is 12.1 Å². The maximum atomic E-state index is 11.8. The third-order valence-corrected chi connectivity index (χ3v) is 4.08. The van der Waals surface area contributed by atoms with E-state index in [4.69, 9.17) is 14.6 Å². The average Bonchev–Trinajstić information content (AvgIpc) is 2.58. The molecule has 9 heteroatoms. The summed E-state index contributed by atoms with van der Waals surface area (Å²) in [6.45, 7) is 0.539. The summed E-state index contributed by atoms with van der Waals surface area (Å²) < 4.78 is 33.0. The number of anilines is 1. The fraction of sp³-hybridized carbons (Fsp3) is 0.188. The number of carbonyl (C=O) groups is 1. The maximum absolute atomic E-state index is 11.8. The van der Waals surface area contributed by atoms with E-state index in [1.165, 1.54) is 24.3 Å². The van der Waals surface area contributed by atoms with Crippen molar-refractivity contribution in [1.82, 2.24) is 5.32 Å². The van der Waals surface area contributed by atoms with Crippen LogP contribution in [0.25, 0.3) is 0 Å². The smallest absolute Gasteiger partial charge is 0.319 e. The van der Waals surface area contributed by atoms with E-state index in [2.05, 4.69) is 10.6 Å². The number of nitrogens with one attached hydrogen (secondary N) is 2. The van der Waals surface area contributed by atoms with Crippen molar-refractivity contribution < 1.29 is 22.7 Å². The van der Waals surface area contributed by atoms with Gasteiger partial charge in [0.15, 0.2) is 11.5 Å². The highest BCUT2D eigenvalue weighted by Crippen LogP contribution is 2.25. The Labute approximate surface area is 146 Å². The van der Waals surface area contributed by atoms with Crippen LogP contribution in [0.2, 0.25) is 0 Å². The van der Waals surface area contributed by atoms with Crippen LogP contribution in [-0.4, -0.2) is 34.7 Å². The van der Waals surface area contributed by atoms with E-state index in [0.717, 1.165) is 0 Å². The molecule has 8 nitrogen and oxygen atoms in total. The van der Waals surface area contributed by atoms with Crippen LogP contribution in [-0.2, 0) is 10.0 Å². The van der Waals surface area contributed by atoms with Crippen molar-refractivity contribution in [3.05, 3.63) is 48.5 Å². The van der Waals surface area contributed by atoms with Gasteiger partial charge in [-0.3, -0.25) is 0 Å². The number of ether oxygens (including phenoxy) is 2. The number of primary sulfonamides is 1. The normalized spacial score (nSPS) is 10.8. The molecule has 0 aromatic heterocycles. The van der Waals surface area contributed by atoms with Crippen molar-refractivity contribution in [3.8, 4) is 11.5 Å². The molecule has 0 radical (unpaired) electrons. The molecule has 4 N–H and O–H groups in total. The van der Waals surface area contributed by atoms with Gasteiger partial charge in [0.1, 0.15) is 6.61 Å². The summed E-state index contributed by atoms with van der Waals surface area (Å²) in [5.74, 6) is 1.20. The number of sulfonamides is 1. The number of nitrogens with two attached hydrogens (primary N) is 1. The highest BCUT2D eigenvalue weighted by Gasteiger charge is 2.08.